The van der Waals surface area contributed by atoms with Crippen molar-refractivity contribution < 1.29 is 4.79 Å². The Morgan fingerprint density at radius 3 is 2.24 bits per heavy atom. The highest BCUT2D eigenvalue weighted by atomic mass is 32.1. The molecule has 3 heteroatoms. The van der Waals surface area contributed by atoms with Crippen LogP contribution < -0.4 is 0 Å². The van der Waals surface area contributed by atoms with Crippen LogP contribution in [0, 0.1) is 5.92 Å². The van der Waals surface area contributed by atoms with Crippen LogP contribution in [0.2, 0.25) is 0 Å². The lowest BCUT2D eigenvalue weighted by atomic mass is 10.0. The molecule has 0 N–H and O–H groups in total. The molecule has 0 heterocycles. The third kappa shape index (κ3) is 4.82. The van der Waals surface area contributed by atoms with Crippen molar-refractivity contribution in [3.05, 3.63) is 35.4 Å². The average molecular weight is 251 g/mol. The van der Waals surface area contributed by atoms with Crippen molar-refractivity contribution in [3.63, 3.8) is 0 Å². The molecule has 0 radical (unpaired) electrons. The second-order valence-electron chi connectivity index (χ2n) is 4.82. The number of hydrogen-bond donors (Lipinski definition) is 1. The monoisotopic (exact) mass is 251 g/mol. The molecule has 0 saturated heterocycles. The zero-order chi connectivity index (χ0) is 12.8. The van der Waals surface area contributed by atoms with Gasteiger partial charge in [0.1, 0.15) is 0 Å². The summed E-state index contributed by atoms with van der Waals surface area (Å²) in [6, 6.07) is 8.49. The average Bonchev–Trinajstić information content (AvgIpc) is 2.30. The maximum atomic E-state index is 11.4. The number of carbonyl (C=O) groups excluding carboxylic acids is 1. The van der Waals surface area contributed by atoms with Crippen LogP contribution >= 0.6 is 12.6 Å². The summed E-state index contributed by atoms with van der Waals surface area (Å²) in [6.07, 6.45) is 1.10. The Morgan fingerprint density at radius 1 is 1.24 bits per heavy atom. The van der Waals surface area contributed by atoms with Crippen LogP contribution in [0.5, 0.6) is 0 Å². The fourth-order valence-corrected chi connectivity index (χ4v) is 1.98. The minimum atomic E-state index is 0.0552. The first-order chi connectivity index (χ1) is 8.02. The van der Waals surface area contributed by atoms with Crippen molar-refractivity contribution in [3.8, 4) is 0 Å². The first-order valence-corrected chi connectivity index (χ1v) is 6.58. The van der Waals surface area contributed by atoms with Crippen molar-refractivity contribution in [1.82, 2.24) is 4.90 Å². The van der Waals surface area contributed by atoms with Crippen LogP contribution in [0.4, 0.5) is 0 Å². The van der Waals surface area contributed by atoms with Gasteiger partial charge in [-0.3, -0.25) is 4.79 Å². The van der Waals surface area contributed by atoms with Crippen molar-refractivity contribution in [2.24, 2.45) is 5.92 Å². The lowest BCUT2D eigenvalue weighted by molar-refractivity contribution is -0.127. The van der Waals surface area contributed by atoms with Gasteiger partial charge in [0, 0.05) is 13.6 Å². The molecule has 1 rings (SSSR count). The SMILES string of the molecule is CC(C)Cc1ccc(CN(C)C(=O)CS)cc1. The lowest BCUT2D eigenvalue weighted by Crippen LogP contribution is -2.27. The van der Waals surface area contributed by atoms with Gasteiger partial charge in [-0.25, -0.2) is 0 Å². The van der Waals surface area contributed by atoms with Gasteiger partial charge in [0.2, 0.25) is 5.91 Å². The van der Waals surface area contributed by atoms with Crippen LogP contribution in [0.1, 0.15) is 25.0 Å². The Kier molecular flexibility index (Phi) is 5.56. The minimum absolute atomic E-state index is 0.0552. The van der Waals surface area contributed by atoms with Gasteiger partial charge in [-0.15, -0.1) is 0 Å². The summed E-state index contributed by atoms with van der Waals surface area (Å²) in [7, 11) is 1.81. The van der Waals surface area contributed by atoms with Crippen LogP contribution in [0.3, 0.4) is 0 Å². The summed E-state index contributed by atoms with van der Waals surface area (Å²) >= 11 is 3.98. The third-order valence-corrected chi connectivity index (χ3v) is 2.92. The smallest absolute Gasteiger partial charge is 0.232 e. The zero-order valence-corrected chi connectivity index (χ0v) is 11.7. The van der Waals surface area contributed by atoms with E-state index in [0.29, 0.717) is 12.5 Å². The molecule has 0 bridgehead atoms. The van der Waals surface area contributed by atoms with Crippen molar-refractivity contribution in [1.29, 1.82) is 0 Å². The molecule has 1 amide bonds. The number of thiol groups is 1. The van der Waals surface area contributed by atoms with E-state index in [1.54, 1.807) is 11.9 Å². The number of benzene rings is 1. The highest BCUT2D eigenvalue weighted by Crippen LogP contribution is 2.11. The number of amides is 1. The largest absolute Gasteiger partial charge is 0.341 e. The first-order valence-electron chi connectivity index (χ1n) is 5.95. The standard InChI is InChI=1S/C14H21NOS/c1-11(2)8-12-4-6-13(7-5-12)9-15(3)14(16)10-17/h4-7,11,17H,8-10H2,1-3H3. The number of hydrogen-bond acceptors (Lipinski definition) is 2. The lowest BCUT2D eigenvalue weighted by Gasteiger charge is -2.16. The number of carbonyl (C=O) groups is 1. The van der Waals surface area contributed by atoms with Crippen molar-refractivity contribution >= 4 is 18.5 Å². The first kappa shape index (κ1) is 14.1. The van der Waals surface area contributed by atoms with Gasteiger partial charge in [-0.1, -0.05) is 38.1 Å². The Morgan fingerprint density at radius 2 is 1.76 bits per heavy atom. The maximum Gasteiger partial charge on any atom is 0.232 e. The summed E-state index contributed by atoms with van der Waals surface area (Å²) in [5, 5.41) is 0. The fraction of sp³-hybridized carbons (Fsp3) is 0.500. The van der Waals surface area contributed by atoms with Gasteiger partial charge in [0.05, 0.1) is 5.75 Å². The molecule has 1 aromatic rings. The summed E-state index contributed by atoms with van der Waals surface area (Å²) < 4.78 is 0. The molecule has 0 aliphatic carbocycles. The molecule has 0 aliphatic heterocycles. The van der Waals surface area contributed by atoms with Gasteiger partial charge in [0.25, 0.3) is 0 Å². The Hall–Kier alpha value is -0.960. The molecule has 0 atom stereocenters. The molecule has 94 valence electrons. The Bertz CT molecular complexity index is 359. The maximum absolute atomic E-state index is 11.4. The van der Waals surface area contributed by atoms with Gasteiger partial charge in [0.15, 0.2) is 0 Å². The van der Waals surface area contributed by atoms with Crippen LogP contribution in [-0.4, -0.2) is 23.6 Å². The molecule has 2 nitrogen and oxygen atoms in total. The van der Waals surface area contributed by atoms with E-state index in [1.165, 1.54) is 5.56 Å². The van der Waals surface area contributed by atoms with Gasteiger partial charge in [-0.2, -0.15) is 12.6 Å². The molecular weight excluding hydrogens is 230 g/mol. The fourth-order valence-electron chi connectivity index (χ4n) is 1.73. The summed E-state index contributed by atoms with van der Waals surface area (Å²) in [5.41, 5.74) is 2.52. The second-order valence-corrected chi connectivity index (χ2v) is 5.14. The van der Waals surface area contributed by atoms with E-state index in [0.717, 1.165) is 12.0 Å². The highest BCUT2D eigenvalue weighted by Gasteiger charge is 2.06. The Labute approximate surface area is 109 Å². The molecule has 0 unspecified atom stereocenters. The summed E-state index contributed by atoms with van der Waals surface area (Å²) in [4.78, 5) is 13.1. The number of nitrogens with zero attached hydrogens (tertiary/aromatic N) is 1. The van der Waals surface area contributed by atoms with Crippen LogP contribution in [0.25, 0.3) is 0 Å². The molecule has 0 aromatic heterocycles. The third-order valence-electron chi connectivity index (χ3n) is 2.65. The predicted molar refractivity (Wildman–Crippen MR) is 75.3 cm³/mol. The van der Waals surface area contributed by atoms with E-state index >= 15 is 0 Å². The second kappa shape index (κ2) is 6.70. The number of rotatable bonds is 5. The molecule has 0 fully saturated rings. The highest BCUT2D eigenvalue weighted by molar-refractivity contribution is 7.81. The molecule has 17 heavy (non-hydrogen) atoms. The Balaban J connectivity index is 2.59. The quantitative estimate of drug-likeness (QED) is 0.798. The molecule has 0 aliphatic rings. The molecule has 1 aromatic carbocycles. The van der Waals surface area contributed by atoms with E-state index in [4.69, 9.17) is 0 Å². The minimum Gasteiger partial charge on any atom is -0.341 e. The molecule has 0 saturated carbocycles. The van der Waals surface area contributed by atoms with E-state index in [-0.39, 0.29) is 11.7 Å². The van der Waals surface area contributed by atoms with E-state index in [2.05, 4.69) is 50.7 Å². The van der Waals surface area contributed by atoms with Gasteiger partial charge >= 0.3 is 0 Å². The predicted octanol–water partition coefficient (Wildman–Crippen LogP) is 2.77. The van der Waals surface area contributed by atoms with Crippen molar-refractivity contribution in [2.45, 2.75) is 26.8 Å². The zero-order valence-electron chi connectivity index (χ0n) is 10.8. The topological polar surface area (TPSA) is 20.3 Å². The van der Waals surface area contributed by atoms with E-state index in [9.17, 15) is 4.79 Å². The molecule has 0 spiro atoms. The summed E-state index contributed by atoms with van der Waals surface area (Å²) in [6.45, 7) is 5.08. The van der Waals surface area contributed by atoms with E-state index < -0.39 is 0 Å². The van der Waals surface area contributed by atoms with E-state index in [1.807, 2.05) is 0 Å². The van der Waals surface area contributed by atoms with Gasteiger partial charge < -0.3 is 4.90 Å². The van der Waals surface area contributed by atoms with Crippen LogP contribution in [0.15, 0.2) is 24.3 Å². The molecular formula is C14H21NOS. The normalized spacial score (nSPS) is 10.6. The van der Waals surface area contributed by atoms with Gasteiger partial charge in [-0.05, 0) is 23.5 Å². The van der Waals surface area contributed by atoms with Crippen molar-refractivity contribution in [2.75, 3.05) is 12.8 Å². The summed E-state index contributed by atoms with van der Waals surface area (Å²) in [5.74, 6) is 0.996. The van der Waals surface area contributed by atoms with Crippen LogP contribution in [-0.2, 0) is 17.8 Å².